The first-order valence-electron chi connectivity index (χ1n) is 5.76. The number of nitrogens with zero attached hydrogens (tertiary/aromatic N) is 1. The first kappa shape index (κ1) is 13.4. The Balaban J connectivity index is 2.34. The van der Waals surface area contributed by atoms with E-state index in [9.17, 15) is 4.79 Å². The molecule has 5 heteroatoms. The maximum absolute atomic E-state index is 11.0. The molecule has 4 nitrogen and oxygen atoms in total. The van der Waals surface area contributed by atoms with Gasteiger partial charge in [0.25, 0.3) is 0 Å². The number of ether oxygens (including phenoxy) is 1. The molecule has 0 bridgehead atoms. The lowest BCUT2D eigenvalue weighted by Gasteiger charge is -2.09. The van der Waals surface area contributed by atoms with E-state index in [4.69, 9.17) is 21.4 Å². The monoisotopic (exact) mass is 277 g/mol. The zero-order valence-electron chi connectivity index (χ0n) is 10.3. The van der Waals surface area contributed by atoms with Gasteiger partial charge in [-0.25, -0.2) is 9.78 Å². The largest absolute Gasteiger partial charge is 0.476 e. The van der Waals surface area contributed by atoms with Crippen LogP contribution in [-0.2, 0) is 6.42 Å². The number of aromatic nitrogens is 1. The van der Waals surface area contributed by atoms with Crippen molar-refractivity contribution in [2.24, 2.45) is 0 Å². The minimum atomic E-state index is -1.12. The van der Waals surface area contributed by atoms with Gasteiger partial charge >= 0.3 is 5.97 Å². The van der Waals surface area contributed by atoms with Crippen molar-refractivity contribution in [3.63, 3.8) is 0 Å². The molecule has 1 aromatic carbocycles. The Hall–Kier alpha value is -2.07. The van der Waals surface area contributed by atoms with Gasteiger partial charge in [-0.15, -0.1) is 0 Å². The van der Waals surface area contributed by atoms with Crippen LogP contribution in [0.2, 0.25) is 5.02 Å². The van der Waals surface area contributed by atoms with E-state index in [2.05, 4.69) is 4.98 Å². The number of pyridine rings is 1. The van der Waals surface area contributed by atoms with Crippen LogP contribution in [0.3, 0.4) is 0 Å². The number of benzene rings is 1. The van der Waals surface area contributed by atoms with Gasteiger partial charge in [0.2, 0.25) is 0 Å². The summed E-state index contributed by atoms with van der Waals surface area (Å²) in [4.78, 5) is 14.8. The molecule has 1 aromatic heterocycles. The van der Waals surface area contributed by atoms with E-state index in [1.165, 1.54) is 6.20 Å². The van der Waals surface area contributed by atoms with Crippen molar-refractivity contribution in [3.8, 4) is 11.5 Å². The van der Waals surface area contributed by atoms with E-state index >= 15 is 0 Å². The molecule has 0 radical (unpaired) electrons. The van der Waals surface area contributed by atoms with Crippen LogP contribution in [0.5, 0.6) is 11.5 Å². The van der Waals surface area contributed by atoms with Crippen LogP contribution in [0.1, 0.15) is 23.0 Å². The number of carboxylic acids is 1. The normalized spacial score (nSPS) is 10.2. The number of hydrogen-bond acceptors (Lipinski definition) is 3. The fraction of sp³-hybridized carbons (Fsp3) is 0.143. The number of halogens is 1. The molecule has 2 aromatic rings. The van der Waals surface area contributed by atoms with E-state index < -0.39 is 5.97 Å². The molecule has 0 atom stereocenters. The number of rotatable bonds is 4. The Labute approximate surface area is 115 Å². The molecule has 1 heterocycles. The molecule has 0 spiro atoms. The van der Waals surface area contributed by atoms with Crippen LogP contribution in [0, 0.1) is 0 Å². The molecule has 0 aliphatic heterocycles. The molecule has 1 N–H and O–H groups in total. The molecule has 0 aliphatic carbocycles. The van der Waals surface area contributed by atoms with Crippen molar-refractivity contribution in [2.45, 2.75) is 13.3 Å². The molecule has 98 valence electrons. The smallest absolute Gasteiger partial charge is 0.358 e. The van der Waals surface area contributed by atoms with E-state index in [1.807, 2.05) is 6.92 Å². The average molecular weight is 278 g/mol. The summed E-state index contributed by atoms with van der Waals surface area (Å²) in [5.74, 6) is -0.378. The third-order valence-electron chi connectivity index (χ3n) is 2.60. The lowest BCUT2D eigenvalue weighted by Crippen LogP contribution is -2.02. The second-order valence-electron chi connectivity index (χ2n) is 3.86. The maximum atomic E-state index is 11.0. The van der Waals surface area contributed by atoms with Crippen LogP contribution in [0.4, 0.5) is 0 Å². The Morgan fingerprint density at radius 3 is 2.89 bits per heavy atom. The summed E-state index contributed by atoms with van der Waals surface area (Å²) in [6.45, 7) is 1.98. The second-order valence-corrected chi connectivity index (χ2v) is 4.27. The predicted molar refractivity (Wildman–Crippen MR) is 72.1 cm³/mol. The Kier molecular flexibility index (Phi) is 4.02. The molecule has 0 unspecified atom stereocenters. The molecule has 0 aliphatic rings. The minimum Gasteiger partial charge on any atom is -0.476 e. The van der Waals surface area contributed by atoms with Crippen LogP contribution in [-0.4, -0.2) is 16.1 Å². The number of hydrogen-bond donors (Lipinski definition) is 1. The van der Waals surface area contributed by atoms with E-state index in [0.29, 0.717) is 10.8 Å². The predicted octanol–water partition coefficient (Wildman–Crippen LogP) is 3.79. The zero-order chi connectivity index (χ0) is 13.8. The second kappa shape index (κ2) is 5.71. The fourth-order valence-electron chi connectivity index (χ4n) is 1.65. The summed E-state index contributed by atoms with van der Waals surface area (Å²) in [7, 11) is 0. The molecule has 0 fully saturated rings. The van der Waals surface area contributed by atoms with Gasteiger partial charge in [-0.1, -0.05) is 18.5 Å². The van der Waals surface area contributed by atoms with Crippen LogP contribution >= 0.6 is 11.6 Å². The summed E-state index contributed by atoms with van der Waals surface area (Å²) < 4.78 is 5.57. The Morgan fingerprint density at radius 1 is 1.42 bits per heavy atom. The zero-order valence-corrected chi connectivity index (χ0v) is 11.0. The van der Waals surface area contributed by atoms with Gasteiger partial charge in [0.05, 0.1) is 0 Å². The highest BCUT2D eigenvalue weighted by Crippen LogP contribution is 2.28. The molecule has 19 heavy (non-hydrogen) atoms. The first-order valence-corrected chi connectivity index (χ1v) is 6.14. The summed E-state index contributed by atoms with van der Waals surface area (Å²) >= 11 is 6.02. The van der Waals surface area contributed by atoms with E-state index in [1.54, 1.807) is 30.3 Å². The standard InChI is InChI=1S/C14H12ClNO3/c1-2-9-8-10(5-6-11(9)15)19-12-4-3-7-16-13(12)14(17)18/h3-8H,2H2,1H3,(H,17,18). The molecule has 2 rings (SSSR count). The third kappa shape index (κ3) is 3.03. The molecular formula is C14H12ClNO3. The summed E-state index contributed by atoms with van der Waals surface area (Å²) in [6, 6.07) is 8.41. The summed E-state index contributed by atoms with van der Waals surface area (Å²) in [6.07, 6.45) is 2.19. The number of carbonyl (C=O) groups is 1. The van der Waals surface area contributed by atoms with Crippen molar-refractivity contribution in [3.05, 3.63) is 52.8 Å². The average Bonchev–Trinajstić information content (AvgIpc) is 2.41. The lowest BCUT2D eigenvalue weighted by atomic mass is 10.1. The number of aryl methyl sites for hydroxylation is 1. The number of aromatic carboxylic acids is 1. The first-order chi connectivity index (χ1) is 9.11. The van der Waals surface area contributed by atoms with Gasteiger partial charge in [-0.2, -0.15) is 0 Å². The van der Waals surface area contributed by atoms with Crippen molar-refractivity contribution in [2.75, 3.05) is 0 Å². The van der Waals surface area contributed by atoms with Gasteiger partial charge in [-0.05, 0) is 42.3 Å². The lowest BCUT2D eigenvalue weighted by molar-refractivity contribution is 0.0687. The van der Waals surface area contributed by atoms with Crippen LogP contribution < -0.4 is 4.74 Å². The minimum absolute atomic E-state index is 0.115. The van der Waals surface area contributed by atoms with Gasteiger partial charge in [0.1, 0.15) is 5.75 Å². The molecular weight excluding hydrogens is 266 g/mol. The Bertz CT molecular complexity index is 613. The van der Waals surface area contributed by atoms with Crippen molar-refractivity contribution < 1.29 is 14.6 Å². The van der Waals surface area contributed by atoms with E-state index in [0.717, 1.165) is 12.0 Å². The topological polar surface area (TPSA) is 59.4 Å². The highest BCUT2D eigenvalue weighted by Gasteiger charge is 2.13. The van der Waals surface area contributed by atoms with Crippen LogP contribution in [0.25, 0.3) is 0 Å². The molecule has 0 saturated carbocycles. The Morgan fingerprint density at radius 2 is 2.21 bits per heavy atom. The van der Waals surface area contributed by atoms with Gasteiger partial charge in [-0.3, -0.25) is 0 Å². The quantitative estimate of drug-likeness (QED) is 0.924. The highest BCUT2D eigenvalue weighted by atomic mass is 35.5. The SMILES string of the molecule is CCc1cc(Oc2cccnc2C(=O)O)ccc1Cl. The highest BCUT2D eigenvalue weighted by molar-refractivity contribution is 6.31. The van der Waals surface area contributed by atoms with E-state index in [-0.39, 0.29) is 11.4 Å². The summed E-state index contributed by atoms with van der Waals surface area (Å²) in [5.41, 5.74) is 0.829. The fourth-order valence-corrected chi connectivity index (χ4v) is 1.90. The van der Waals surface area contributed by atoms with Gasteiger partial charge in [0.15, 0.2) is 11.4 Å². The van der Waals surface area contributed by atoms with Gasteiger partial charge < -0.3 is 9.84 Å². The third-order valence-corrected chi connectivity index (χ3v) is 2.97. The molecule has 0 amide bonds. The number of carboxylic acid groups (broad SMARTS) is 1. The van der Waals surface area contributed by atoms with Crippen molar-refractivity contribution >= 4 is 17.6 Å². The van der Waals surface area contributed by atoms with Crippen LogP contribution in [0.15, 0.2) is 36.5 Å². The molecule has 0 saturated heterocycles. The van der Waals surface area contributed by atoms with Gasteiger partial charge in [0, 0.05) is 11.2 Å². The van der Waals surface area contributed by atoms with Crippen molar-refractivity contribution in [1.29, 1.82) is 0 Å². The maximum Gasteiger partial charge on any atom is 0.358 e. The van der Waals surface area contributed by atoms with Crippen molar-refractivity contribution in [1.82, 2.24) is 4.98 Å². The summed E-state index contributed by atoms with van der Waals surface area (Å²) in [5, 5.41) is 9.69.